The first-order chi connectivity index (χ1) is 10.1. The molecule has 2 aromatic rings. The van der Waals surface area contributed by atoms with Gasteiger partial charge in [0.25, 0.3) is 6.43 Å². The molecular weight excluding hydrogens is 282 g/mol. The van der Waals surface area contributed by atoms with Crippen molar-refractivity contribution >= 4 is 11.6 Å². The number of ether oxygens (including phenoxy) is 1. The largest absolute Gasteiger partial charge is 0.481 e. The molecule has 0 saturated heterocycles. The lowest BCUT2D eigenvalue weighted by Crippen LogP contribution is -2.15. The summed E-state index contributed by atoms with van der Waals surface area (Å²) in [6.07, 6.45) is 0.231. The van der Waals surface area contributed by atoms with Crippen LogP contribution in [0.2, 0.25) is 0 Å². The summed E-state index contributed by atoms with van der Waals surface area (Å²) in [5, 5.41) is 6.30. The van der Waals surface area contributed by atoms with Crippen molar-refractivity contribution in [3.05, 3.63) is 36.3 Å². The standard InChI is InChI=1S/C13H14F2N4O2/c1-21-13-4-2-3-9(18-13)5-12(20)17-10-6-16-19(7-10)8-11(14)15/h2-4,6-7,11H,5,8H2,1H3,(H,17,20). The number of hydrogen-bond acceptors (Lipinski definition) is 4. The van der Waals surface area contributed by atoms with Gasteiger partial charge in [-0.2, -0.15) is 5.10 Å². The number of carbonyl (C=O) groups is 1. The molecule has 2 heterocycles. The van der Waals surface area contributed by atoms with Crippen LogP contribution in [0.15, 0.2) is 30.6 Å². The number of nitrogens with zero attached hydrogens (tertiary/aromatic N) is 3. The molecule has 112 valence electrons. The molecule has 1 amide bonds. The molecule has 0 aliphatic carbocycles. The van der Waals surface area contributed by atoms with Crippen molar-refractivity contribution < 1.29 is 18.3 Å². The molecule has 21 heavy (non-hydrogen) atoms. The van der Waals surface area contributed by atoms with Crippen LogP contribution in [-0.2, 0) is 17.8 Å². The monoisotopic (exact) mass is 296 g/mol. The quantitative estimate of drug-likeness (QED) is 0.881. The van der Waals surface area contributed by atoms with Crippen LogP contribution in [-0.4, -0.2) is 34.2 Å². The molecule has 0 aliphatic heterocycles. The van der Waals surface area contributed by atoms with E-state index in [0.717, 1.165) is 4.68 Å². The molecule has 0 fully saturated rings. The topological polar surface area (TPSA) is 69.0 Å². The van der Waals surface area contributed by atoms with E-state index in [-0.39, 0.29) is 12.3 Å². The Kier molecular flexibility index (Phi) is 4.81. The van der Waals surface area contributed by atoms with Crippen molar-refractivity contribution in [2.75, 3.05) is 12.4 Å². The number of alkyl halides is 2. The normalized spacial score (nSPS) is 10.7. The Labute approximate surface area is 119 Å². The minimum absolute atomic E-state index is 0.0528. The predicted octanol–water partition coefficient (Wildman–Crippen LogP) is 1.73. The van der Waals surface area contributed by atoms with Gasteiger partial charge in [-0.05, 0) is 6.07 Å². The van der Waals surface area contributed by atoms with E-state index >= 15 is 0 Å². The summed E-state index contributed by atoms with van der Waals surface area (Å²) >= 11 is 0. The third-order valence-electron chi connectivity index (χ3n) is 2.57. The highest BCUT2D eigenvalue weighted by Crippen LogP contribution is 2.10. The van der Waals surface area contributed by atoms with Gasteiger partial charge < -0.3 is 10.1 Å². The number of halogens is 2. The molecule has 1 N–H and O–H groups in total. The second-order valence-electron chi connectivity index (χ2n) is 4.24. The zero-order valence-corrected chi connectivity index (χ0v) is 11.3. The van der Waals surface area contributed by atoms with Gasteiger partial charge in [-0.1, -0.05) is 6.07 Å². The van der Waals surface area contributed by atoms with E-state index < -0.39 is 13.0 Å². The van der Waals surface area contributed by atoms with Crippen LogP contribution in [0.25, 0.3) is 0 Å². The molecule has 0 aromatic carbocycles. The maximum atomic E-state index is 12.2. The number of methoxy groups -OCH3 is 1. The van der Waals surface area contributed by atoms with Gasteiger partial charge in [0.1, 0.15) is 6.54 Å². The minimum atomic E-state index is -2.49. The summed E-state index contributed by atoms with van der Waals surface area (Å²) in [6, 6.07) is 5.10. The summed E-state index contributed by atoms with van der Waals surface area (Å²) in [5.74, 6) is 0.109. The number of amides is 1. The smallest absolute Gasteiger partial charge is 0.257 e. The summed E-state index contributed by atoms with van der Waals surface area (Å²) < 4.78 is 30.4. The zero-order valence-electron chi connectivity index (χ0n) is 11.3. The van der Waals surface area contributed by atoms with Gasteiger partial charge in [-0.3, -0.25) is 9.48 Å². The van der Waals surface area contributed by atoms with E-state index in [0.29, 0.717) is 17.3 Å². The number of anilines is 1. The van der Waals surface area contributed by atoms with Gasteiger partial charge in [-0.25, -0.2) is 13.8 Å². The fourth-order valence-electron chi connectivity index (χ4n) is 1.71. The van der Waals surface area contributed by atoms with Gasteiger partial charge in [0, 0.05) is 12.3 Å². The lowest BCUT2D eigenvalue weighted by molar-refractivity contribution is -0.115. The van der Waals surface area contributed by atoms with Crippen LogP contribution < -0.4 is 10.1 Å². The van der Waals surface area contributed by atoms with Gasteiger partial charge in [0.15, 0.2) is 0 Å². The molecular formula is C13H14F2N4O2. The predicted molar refractivity (Wildman–Crippen MR) is 71.4 cm³/mol. The van der Waals surface area contributed by atoms with Crippen molar-refractivity contribution in [2.45, 2.75) is 19.4 Å². The third-order valence-corrected chi connectivity index (χ3v) is 2.57. The first kappa shape index (κ1) is 14.9. The summed E-state index contributed by atoms with van der Waals surface area (Å²) in [7, 11) is 1.49. The highest BCUT2D eigenvalue weighted by atomic mass is 19.3. The second-order valence-corrected chi connectivity index (χ2v) is 4.24. The Morgan fingerprint density at radius 3 is 3.00 bits per heavy atom. The maximum absolute atomic E-state index is 12.2. The average molecular weight is 296 g/mol. The fraction of sp³-hybridized carbons (Fsp3) is 0.308. The number of pyridine rings is 1. The first-order valence-corrected chi connectivity index (χ1v) is 6.17. The van der Waals surface area contributed by atoms with E-state index in [9.17, 15) is 13.6 Å². The van der Waals surface area contributed by atoms with Crippen LogP contribution in [0.5, 0.6) is 5.88 Å². The van der Waals surface area contributed by atoms with Gasteiger partial charge in [0.2, 0.25) is 11.8 Å². The number of rotatable bonds is 6. The van der Waals surface area contributed by atoms with E-state index in [1.54, 1.807) is 18.2 Å². The Morgan fingerprint density at radius 1 is 1.48 bits per heavy atom. The molecule has 0 saturated carbocycles. The van der Waals surface area contributed by atoms with Crippen molar-refractivity contribution in [1.29, 1.82) is 0 Å². The van der Waals surface area contributed by atoms with E-state index in [1.807, 2.05) is 0 Å². The maximum Gasteiger partial charge on any atom is 0.257 e. The van der Waals surface area contributed by atoms with Crippen LogP contribution in [0.4, 0.5) is 14.5 Å². The molecule has 0 bridgehead atoms. The first-order valence-electron chi connectivity index (χ1n) is 6.17. The molecule has 6 nitrogen and oxygen atoms in total. The summed E-state index contributed by atoms with van der Waals surface area (Å²) in [5.41, 5.74) is 0.912. The highest BCUT2D eigenvalue weighted by molar-refractivity contribution is 5.91. The Hall–Kier alpha value is -2.51. The Balaban J connectivity index is 1.93. The lowest BCUT2D eigenvalue weighted by atomic mass is 10.2. The van der Waals surface area contributed by atoms with Gasteiger partial charge >= 0.3 is 0 Å². The zero-order chi connectivity index (χ0) is 15.2. The van der Waals surface area contributed by atoms with Crippen molar-refractivity contribution in [3.63, 3.8) is 0 Å². The third kappa shape index (κ3) is 4.51. The lowest BCUT2D eigenvalue weighted by Gasteiger charge is -2.04. The van der Waals surface area contributed by atoms with Crippen molar-refractivity contribution in [2.24, 2.45) is 0 Å². The van der Waals surface area contributed by atoms with Crippen LogP contribution in [0, 0.1) is 0 Å². The number of nitrogens with one attached hydrogen (secondary N) is 1. The Morgan fingerprint density at radius 2 is 2.29 bits per heavy atom. The van der Waals surface area contributed by atoms with Crippen molar-refractivity contribution in [1.82, 2.24) is 14.8 Å². The van der Waals surface area contributed by atoms with Crippen LogP contribution in [0.3, 0.4) is 0 Å². The molecule has 0 aliphatic rings. The van der Waals surface area contributed by atoms with E-state index in [2.05, 4.69) is 15.4 Å². The van der Waals surface area contributed by atoms with Gasteiger partial charge in [-0.15, -0.1) is 0 Å². The van der Waals surface area contributed by atoms with Crippen molar-refractivity contribution in [3.8, 4) is 5.88 Å². The number of aromatic nitrogens is 3. The molecule has 0 unspecified atom stereocenters. The molecule has 8 heteroatoms. The SMILES string of the molecule is COc1cccc(CC(=O)Nc2cnn(CC(F)F)c2)n1. The number of hydrogen-bond donors (Lipinski definition) is 1. The average Bonchev–Trinajstić information content (AvgIpc) is 2.85. The highest BCUT2D eigenvalue weighted by Gasteiger charge is 2.09. The second kappa shape index (κ2) is 6.78. The fourth-order valence-corrected chi connectivity index (χ4v) is 1.71. The Bertz CT molecular complexity index is 616. The molecule has 0 spiro atoms. The molecule has 0 atom stereocenters. The molecule has 0 radical (unpaired) electrons. The van der Waals surface area contributed by atoms with Gasteiger partial charge in [0.05, 0.1) is 31.1 Å². The van der Waals surface area contributed by atoms with E-state index in [1.165, 1.54) is 19.5 Å². The molecule has 2 aromatic heterocycles. The van der Waals surface area contributed by atoms with Crippen LogP contribution >= 0.6 is 0 Å². The van der Waals surface area contributed by atoms with E-state index in [4.69, 9.17) is 4.74 Å². The summed E-state index contributed by atoms with van der Waals surface area (Å²) in [4.78, 5) is 16.0. The number of carbonyl (C=O) groups excluding carboxylic acids is 1. The minimum Gasteiger partial charge on any atom is -0.481 e. The van der Waals surface area contributed by atoms with Crippen LogP contribution in [0.1, 0.15) is 5.69 Å². The summed E-state index contributed by atoms with van der Waals surface area (Å²) in [6.45, 7) is -0.507. The molecule has 2 rings (SSSR count).